The van der Waals surface area contributed by atoms with Gasteiger partial charge in [0.15, 0.2) is 0 Å². The molecular formula is C52H101NO3. The lowest BCUT2D eigenvalue weighted by Crippen LogP contribution is -2.31. The summed E-state index contributed by atoms with van der Waals surface area (Å²) in [6, 6.07) is 0. The minimum atomic E-state index is -0.399. The van der Waals surface area contributed by atoms with E-state index in [9.17, 15) is 14.7 Å². The third-order valence-electron chi connectivity index (χ3n) is 12.0. The van der Waals surface area contributed by atoms with Gasteiger partial charge in [0.2, 0.25) is 5.91 Å². The molecule has 0 aliphatic rings. The Balaban J connectivity index is 3.30. The number of carbonyl (C=O) groups excluding carboxylic acids is 2. The van der Waals surface area contributed by atoms with Crippen LogP contribution in [0.2, 0.25) is 0 Å². The van der Waals surface area contributed by atoms with E-state index in [0.29, 0.717) is 18.7 Å². The molecule has 0 aliphatic carbocycles. The lowest BCUT2D eigenvalue weighted by Gasteiger charge is -2.12. The van der Waals surface area contributed by atoms with Gasteiger partial charge in [-0.05, 0) is 51.4 Å². The summed E-state index contributed by atoms with van der Waals surface area (Å²) in [5, 5.41) is 13.2. The van der Waals surface area contributed by atoms with E-state index < -0.39 is 6.10 Å². The number of ketones is 1. The number of Topliss-reactive ketones (excluding diaryl/α,β-unsaturated/α-hetero) is 1. The highest BCUT2D eigenvalue weighted by Crippen LogP contribution is 2.16. The molecule has 0 rings (SSSR count). The van der Waals surface area contributed by atoms with Gasteiger partial charge in [0.05, 0.1) is 6.10 Å². The van der Waals surface area contributed by atoms with Crippen LogP contribution in [0.5, 0.6) is 0 Å². The molecule has 0 aromatic heterocycles. The van der Waals surface area contributed by atoms with E-state index in [-0.39, 0.29) is 5.91 Å². The Morgan fingerprint density at radius 3 is 1.04 bits per heavy atom. The summed E-state index contributed by atoms with van der Waals surface area (Å²) in [5.41, 5.74) is 0. The Labute approximate surface area is 351 Å². The number of unbranched alkanes of at least 4 members (excludes halogenated alkanes) is 36. The van der Waals surface area contributed by atoms with Crippen LogP contribution >= 0.6 is 0 Å². The molecule has 0 aromatic rings. The molecule has 56 heavy (non-hydrogen) atoms. The van der Waals surface area contributed by atoms with Crippen molar-refractivity contribution < 1.29 is 14.7 Å². The Morgan fingerprint density at radius 1 is 0.393 bits per heavy atom. The van der Waals surface area contributed by atoms with Gasteiger partial charge in [0, 0.05) is 25.8 Å². The van der Waals surface area contributed by atoms with Crippen LogP contribution < -0.4 is 5.32 Å². The molecule has 1 amide bonds. The largest absolute Gasteiger partial charge is 0.391 e. The topological polar surface area (TPSA) is 66.4 Å². The Morgan fingerprint density at radius 2 is 0.679 bits per heavy atom. The van der Waals surface area contributed by atoms with Crippen LogP contribution in [0, 0.1) is 0 Å². The molecule has 0 aromatic carbocycles. The lowest BCUT2D eigenvalue weighted by atomic mass is 10.0. The molecule has 2 N–H and O–H groups in total. The van der Waals surface area contributed by atoms with E-state index in [1.54, 1.807) is 0 Å². The number of allylic oxidation sites excluding steroid dienone is 2. The number of carbonyl (C=O) groups is 2. The quantitative estimate of drug-likeness (QED) is 0.0477. The molecule has 4 nitrogen and oxygen atoms in total. The predicted octanol–water partition coefficient (Wildman–Crippen LogP) is 16.8. The second-order valence-corrected chi connectivity index (χ2v) is 17.8. The Kier molecular flexibility index (Phi) is 47.2. The molecule has 0 heterocycles. The van der Waals surface area contributed by atoms with Crippen molar-refractivity contribution in [3.63, 3.8) is 0 Å². The fourth-order valence-corrected chi connectivity index (χ4v) is 8.07. The fraction of sp³-hybridized carbons (Fsp3) is 0.923. The number of hydrogen-bond acceptors (Lipinski definition) is 3. The second-order valence-electron chi connectivity index (χ2n) is 17.8. The lowest BCUT2D eigenvalue weighted by molar-refractivity contribution is -0.121. The van der Waals surface area contributed by atoms with Gasteiger partial charge in [0.1, 0.15) is 5.78 Å². The molecule has 0 spiro atoms. The van der Waals surface area contributed by atoms with E-state index in [1.165, 1.54) is 225 Å². The van der Waals surface area contributed by atoms with Crippen LogP contribution in [0.1, 0.15) is 296 Å². The predicted molar refractivity (Wildman–Crippen MR) is 248 cm³/mol. The maximum absolute atomic E-state index is 12.2. The van der Waals surface area contributed by atoms with Crippen LogP contribution in [-0.4, -0.2) is 29.4 Å². The number of aliphatic hydroxyl groups is 1. The summed E-state index contributed by atoms with van der Waals surface area (Å²) in [6.45, 7) is 4.97. The maximum atomic E-state index is 12.2. The van der Waals surface area contributed by atoms with Crippen molar-refractivity contribution in [1.29, 1.82) is 0 Å². The first-order chi connectivity index (χ1) is 27.6. The Hall–Kier alpha value is -1.16. The first-order valence-electron chi connectivity index (χ1n) is 25.7. The number of hydrogen-bond donors (Lipinski definition) is 2. The van der Waals surface area contributed by atoms with Gasteiger partial charge in [-0.15, -0.1) is 0 Å². The fourth-order valence-electron chi connectivity index (χ4n) is 8.07. The highest BCUT2D eigenvalue weighted by atomic mass is 16.3. The third-order valence-corrected chi connectivity index (χ3v) is 12.0. The first kappa shape index (κ1) is 54.8. The van der Waals surface area contributed by atoms with Gasteiger partial charge in [-0.3, -0.25) is 9.59 Å². The molecule has 0 radical (unpaired) electrons. The second kappa shape index (κ2) is 48.2. The van der Waals surface area contributed by atoms with E-state index in [2.05, 4.69) is 31.3 Å². The molecule has 0 saturated carbocycles. The average Bonchev–Trinajstić information content (AvgIpc) is 3.20. The van der Waals surface area contributed by atoms with Crippen molar-refractivity contribution in [2.24, 2.45) is 0 Å². The van der Waals surface area contributed by atoms with Crippen molar-refractivity contribution in [2.75, 3.05) is 6.54 Å². The monoisotopic (exact) mass is 788 g/mol. The normalized spacial score (nSPS) is 12.2. The third kappa shape index (κ3) is 47.2. The zero-order chi connectivity index (χ0) is 40.7. The van der Waals surface area contributed by atoms with Crippen LogP contribution in [0.3, 0.4) is 0 Å². The van der Waals surface area contributed by atoms with Gasteiger partial charge in [-0.1, -0.05) is 238 Å². The Bertz CT molecular complexity index is 810. The number of amides is 1. The van der Waals surface area contributed by atoms with E-state index in [0.717, 1.165) is 51.4 Å². The van der Waals surface area contributed by atoms with Gasteiger partial charge < -0.3 is 10.4 Å². The first-order valence-corrected chi connectivity index (χ1v) is 25.7. The van der Waals surface area contributed by atoms with Gasteiger partial charge in [0.25, 0.3) is 0 Å². The van der Waals surface area contributed by atoms with Crippen LogP contribution in [-0.2, 0) is 9.59 Å². The summed E-state index contributed by atoms with van der Waals surface area (Å²) >= 11 is 0. The number of nitrogens with one attached hydrogen (secondary N) is 1. The summed E-state index contributed by atoms with van der Waals surface area (Å²) in [5.74, 6) is 0.594. The molecule has 0 fully saturated rings. The molecule has 0 aliphatic heterocycles. The van der Waals surface area contributed by atoms with E-state index in [4.69, 9.17) is 0 Å². The zero-order valence-corrected chi connectivity index (χ0v) is 38.3. The van der Waals surface area contributed by atoms with Crippen molar-refractivity contribution >= 4 is 11.7 Å². The zero-order valence-electron chi connectivity index (χ0n) is 38.3. The number of aliphatic hydroxyl groups excluding tert-OH is 1. The summed E-state index contributed by atoms with van der Waals surface area (Å²) in [7, 11) is 0. The highest BCUT2D eigenvalue weighted by Gasteiger charge is 2.07. The molecular weight excluding hydrogens is 687 g/mol. The summed E-state index contributed by atoms with van der Waals surface area (Å²) in [6.07, 6.45) is 59.5. The molecule has 0 saturated heterocycles. The van der Waals surface area contributed by atoms with E-state index >= 15 is 0 Å². The van der Waals surface area contributed by atoms with Gasteiger partial charge >= 0.3 is 0 Å². The van der Waals surface area contributed by atoms with Crippen LogP contribution in [0.4, 0.5) is 0 Å². The molecule has 0 unspecified atom stereocenters. The molecule has 332 valence electrons. The van der Waals surface area contributed by atoms with Crippen molar-refractivity contribution in [2.45, 2.75) is 302 Å². The van der Waals surface area contributed by atoms with E-state index in [1.807, 2.05) is 0 Å². The van der Waals surface area contributed by atoms with Gasteiger partial charge in [-0.2, -0.15) is 0 Å². The smallest absolute Gasteiger partial charge is 0.220 e. The molecule has 1 atom stereocenters. The van der Waals surface area contributed by atoms with Crippen LogP contribution in [0.25, 0.3) is 0 Å². The summed E-state index contributed by atoms with van der Waals surface area (Å²) in [4.78, 5) is 24.4. The molecule has 4 heteroatoms. The van der Waals surface area contributed by atoms with Crippen LogP contribution in [0.15, 0.2) is 12.2 Å². The minimum absolute atomic E-state index is 0.102. The van der Waals surface area contributed by atoms with Gasteiger partial charge in [-0.25, -0.2) is 0 Å². The summed E-state index contributed by atoms with van der Waals surface area (Å²) < 4.78 is 0. The van der Waals surface area contributed by atoms with Crippen molar-refractivity contribution in [3.05, 3.63) is 12.2 Å². The van der Waals surface area contributed by atoms with Crippen molar-refractivity contribution in [1.82, 2.24) is 5.32 Å². The minimum Gasteiger partial charge on any atom is -0.391 e. The standard InChI is InChI=1S/C52H101NO3/c1-3-5-7-9-11-13-15-17-19-22-25-29-33-37-41-45-50(54)46-42-38-34-30-26-23-20-24-28-32-36-40-44-48-52(56)53-49-51(55)47-43-39-35-31-27-21-18-16-14-12-10-8-6-4-2/h17,19,51,55H,3-16,18,20-49H2,1-2H3,(H,53,56)/b19-17-/t51-/m1/s1. The highest BCUT2D eigenvalue weighted by molar-refractivity contribution is 5.78. The molecule has 0 bridgehead atoms. The average molecular weight is 788 g/mol. The SMILES string of the molecule is CCCCCCCC/C=C\CCCCCCCC(=O)CCCCCCCCCCCCCCCC(=O)NC[C@H](O)CCCCCCCCCCCCCCCC. The maximum Gasteiger partial charge on any atom is 0.220 e. The number of rotatable bonds is 48. The van der Waals surface area contributed by atoms with Crippen molar-refractivity contribution in [3.8, 4) is 0 Å².